The highest BCUT2D eigenvalue weighted by atomic mass is 35.5. The van der Waals surface area contributed by atoms with Gasteiger partial charge in [-0.15, -0.1) is 0 Å². The molecule has 11 fully saturated rings. The van der Waals surface area contributed by atoms with Crippen molar-refractivity contribution in [3.63, 3.8) is 0 Å². The number of hydrogen-bond acceptors (Lipinski definition) is 27. The van der Waals surface area contributed by atoms with Crippen LogP contribution in [0.15, 0.2) is 97.6 Å². The average Bonchev–Trinajstić information content (AvgIpc) is 1.59. The van der Waals surface area contributed by atoms with E-state index in [2.05, 4.69) is 82.4 Å². The van der Waals surface area contributed by atoms with Gasteiger partial charge in [0.25, 0.3) is 23.6 Å². The zero-order valence-electron chi connectivity index (χ0n) is 76.9. The molecule has 3 aromatic carbocycles. The molecule has 0 spiro atoms. The summed E-state index contributed by atoms with van der Waals surface area (Å²) < 4.78 is 100. The monoisotopic (exact) mass is 1870 g/mol. The number of rotatable bonds is 17. The van der Waals surface area contributed by atoms with Gasteiger partial charge < -0.3 is 95.9 Å². The van der Waals surface area contributed by atoms with E-state index >= 15 is 0 Å². The molecule has 10 saturated heterocycles. The van der Waals surface area contributed by atoms with Crippen molar-refractivity contribution in [1.82, 2.24) is 86.1 Å². The number of halogens is 7. The number of likely N-dealkylation sites (tertiary alicyclic amines) is 4. The van der Waals surface area contributed by atoms with Gasteiger partial charge in [-0.2, -0.15) is 19.9 Å². The molecule has 7 aromatic rings. The Labute approximate surface area is 774 Å². The van der Waals surface area contributed by atoms with Crippen LogP contribution < -0.4 is 62.1 Å². The number of ether oxygens (including phenoxy) is 3. The lowest BCUT2D eigenvalue weighted by Gasteiger charge is -2.26. The largest absolute Gasteiger partial charge is 0.444 e. The van der Waals surface area contributed by atoms with E-state index in [1.54, 1.807) is 82.6 Å². The van der Waals surface area contributed by atoms with Crippen LogP contribution in [0.1, 0.15) is 121 Å². The molecule has 0 radical (unpaired) electrons. The maximum atomic E-state index is 14.6. The SMILES string of the molecule is CC(C)(C)OC(=O)N1C[C@@H]2CN(c3nc(Cl)ncc3F)C[C@@H]2C1.CC(C)(C)OC(=O)N1C[C@H]2CNC[C@H]2C1.CCNC(=O)c1ccc(Nc2ncc(F)c(N3C[C@H]4CN(C(=O)C5CC5(F)F)C[C@H]4C3)n2)cc1.CCNC(=O)c1ccc(Nc2ncc(F)c(N3C[C@H]4CN(C(=O)OC(C)(C)C)C[C@H]4C3)n2)cc1.CCNC(=O)c1ccc(Nc2ncc(F)c(N3C[C@H]4CNC[C@H]4C3)n2)cc1. The fourth-order valence-electron chi connectivity index (χ4n) is 18.5. The van der Waals surface area contributed by atoms with E-state index in [4.69, 9.17) is 25.8 Å². The maximum absolute atomic E-state index is 14.6. The number of carbonyl (C=O) groups excluding carboxylic acids is 7. The fourth-order valence-corrected chi connectivity index (χ4v) is 18.6. The molecular weight excluding hydrogens is 1750 g/mol. The molecule has 133 heavy (non-hydrogen) atoms. The second-order valence-electron chi connectivity index (χ2n) is 38.5. The molecule has 11 atom stereocenters. The highest BCUT2D eigenvalue weighted by Crippen LogP contribution is 2.51. The number of fused-ring (bicyclic) bond motifs is 5. The van der Waals surface area contributed by atoms with Gasteiger partial charge >= 0.3 is 18.3 Å². The summed E-state index contributed by atoms with van der Waals surface area (Å²) in [4.78, 5) is 132. The molecule has 716 valence electrons. The molecule has 1 saturated carbocycles. The molecule has 0 bridgehead atoms. The van der Waals surface area contributed by atoms with Crippen molar-refractivity contribution >= 4 is 112 Å². The van der Waals surface area contributed by atoms with E-state index in [1.165, 1.54) is 11.1 Å². The Bertz CT molecular complexity index is 5250. The van der Waals surface area contributed by atoms with E-state index in [0.29, 0.717) is 162 Å². The zero-order valence-corrected chi connectivity index (χ0v) is 77.7. The zero-order chi connectivity index (χ0) is 95.1. The number of aromatic nitrogens is 8. The molecule has 34 nitrogen and oxygen atoms in total. The van der Waals surface area contributed by atoms with Gasteiger partial charge in [-0.05, 0) is 191 Å². The van der Waals surface area contributed by atoms with Crippen LogP contribution in [0.4, 0.5) is 98.9 Å². The van der Waals surface area contributed by atoms with Crippen molar-refractivity contribution < 1.29 is 74.1 Å². The topological polar surface area (TPSA) is 372 Å². The highest BCUT2D eigenvalue weighted by molar-refractivity contribution is 6.28. The van der Waals surface area contributed by atoms with Crippen molar-refractivity contribution in [3.8, 4) is 0 Å². The molecule has 41 heteroatoms. The van der Waals surface area contributed by atoms with Crippen molar-refractivity contribution in [2.75, 3.05) is 186 Å². The minimum absolute atomic E-state index is 0.0360. The molecule has 1 aliphatic carbocycles. The fraction of sp³-hybridized carbons (Fsp3) is 0.554. The summed E-state index contributed by atoms with van der Waals surface area (Å²) in [6.07, 6.45) is 3.46. The summed E-state index contributed by atoms with van der Waals surface area (Å²) in [6.45, 7) is 38.2. The van der Waals surface area contributed by atoms with Crippen molar-refractivity contribution in [2.24, 2.45) is 65.1 Å². The van der Waals surface area contributed by atoms with Gasteiger partial charge in [0, 0.05) is 226 Å². The number of carbonyl (C=O) groups is 7. The molecule has 1 unspecified atom stereocenters. The summed E-state index contributed by atoms with van der Waals surface area (Å²) in [7, 11) is 0. The normalized spacial score (nSPS) is 23.2. The third kappa shape index (κ3) is 24.9. The first-order valence-electron chi connectivity index (χ1n) is 45.4. The predicted molar refractivity (Wildman–Crippen MR) is 489 cm³/mol. The van der Waals surface area contributed by atoms with E-state index in [1.807, 2.05) is 108 Å². The Morgan fingerprint density at radius 1 is 0.376 bits per heavy atom. The van der Waals surface area contributed by atoms with Gasteiger partial charge in [0.15, 0.2) is 46.5 Å². The molecule has 18 rings (SSSR count). The standard InChI is InChI=1S/C24H31FN6O3.C23H25F3N6O2.C19H23FN6O.C15H20ClFN4O2.C11H20N2O2/c1-5-26-21(32)15-6-8-18(9-7-15)28-22-27-10-19(25)20(29-22)30-11-16-13-31(14-17(16)12-30)23(33)34-24(2,3)4;1-2-27-20(33)13-3-5-16(6-4-13)29-22-28-8-18(24)19(30-22)31-9-14-11-32(12-15(14)10-31)21(34)17-7-23(17,25)26;1-2-22-18(27)12-3-5-15(6-4-12)24-19-23-9-16(20)17(25-19)26-10-13-7-21-8-14(13)11-26;1-15(2,3)23-14(22)21-7-9-5-20(6-10(9)8-21)12-11(17)4-18-13(16)19-12;1-11(2,3)15-10(14)13-6-8-4-12-5-9(8)7-13/h6-10,16-17H,5,11-14H2,1-4H3,(H,26,32)(H,27,28,29);3-6,8,14-15,17H,2,7,9-12H2,1H3,(H,27,33)(H,28,29,30);3-6,9,13-14,21H,2,7-8,10-11H2,1H3,(H,22,27)(H,23,24,25);4,9-10H,5-8H2,1-3H3;8-9,12H,4-7H2,1-3H3/t16-,17+;14-,15+,17?;13-,14+;9-,10+;8-,9+. The Kier molecular flexibility index (Phi) is 30.1. The molecular formula is C92H119ClF6N24O10. The molecule has 10 aliphatic heterocycles. The predicted octanol–water partition coefficient (Wildman–Crippen LogP) is 11.5. The number of alkyl halides is 2. The lowest BCUT2D eigenvalue weighted by atomic mass is 10.0. The second kappa shape index (κ2) is 41.3. The molecule has 7 amide bonds. The quantitative estimate of drug-likeness (QED) is 0.0238. The minimum Gasteiger partial charge on any atom is -0.444 e. The van der Waals surface area contributed by atoms with E-state index in [0.717, 1.165) is 76.6 Å². The van der Waals surface area contributed by atoms with Gasteiger partial charge in [0.05, 0.1) is 24.8 Å². The lowest BCUT2D eigenvalue weighted by molar-refractivity contribution is -0.134. The van der Waals surface area contributed by atoms with Crippen LogP contribution in [-0.2, 0) is 19.0 Å². The molecule has 14 heterocycles. The van der Waals surface area contributed by atoms with E-state index in [9.17, 15) is 59.9 Å². The van der Waals surface area contributed by atoms with Crippen LogP contribution in [-0.4, -0.2) is 275 Å². The number of benzene rings is 3. The second-order valence-corrected chi connectivity index (χ2v) is 38.9. The summed E-state index contributed by atoms with van der Waals surface area (Å²) in [5.41, 5.74) is 2.33. The first-order valence-corrected chi connectivity index (χ1v) is 45.8. The maximum Gasteiger partial charge on any atom is 0.410 e. The average molecular weight is 1870 g/mol. The Morgan fingerprint density at radius 3 is 0.880 bits per heavy atom. The lowest BCUT2D eigenvalue weighted by Crippen LogP contribution is -2.37. The summed E-state index contributed by atoms with van der Waals surface area (Å²) in [5.74, 6) is -1.42. The third-order valence-electron chi connectivity index (χ3n) is 24.9. The van der Waals surface area contributed by atoms with Gasteiger partial charge in [0.1, 0.15) is 22.7 Å². The first-order chi connectivity index (χ1) is 63.2. The van der Waals surface area contributed by atoms with Crippen LogP contribution in [0.3, 0.4) is 0 Å². The Hall–Kier alpha value is -11.9. The number of nitrogens with one attached hydrogen (secondary N) is 8. The molecule has 4 aromatic heterocycles. The van der Waals surface area contributed by atoms with Crippen LogP contribution in [0.2, 0.25) is 5.28 Å². The van der Waals surface area contributed by atoms with E-state index < -0.39 is 52.2 Å². The Morgan fingerprint density at radius 2 is 0.617 bits per heavy atom. The number of hydrogen-bond donors (Lipinski definition) is 8. The molecule has 11 aliphatic rings. The van der Waals surface area contributed by atoms with Crippen molar-refractivity contribution in [1.29, 1.82) is 0 Å². The molecule has 8 N–H and O–H groups in total. The van der Waals surface area contributed by atoms with Gasteiger partial charge in [0.2, 0.25) is 29.0 Å². The first kappa shape index (κ1) is 97.1. The summed E-state index contributed by atoms with van der Waals surface area (Å²) in [5, 5.41) is 24.2. The van der Waals surface area contributed by atoms with Gasteiger partial charge in [-0.3, -0.25) is 19.2 Å². The number of amides is 7. The minimum atomic E-state index is -2.86. The van der Waals surface area contributed by atoms with Crippen LogP contribution in [0, 0.1) is 88.4 Å². The smallest absolute Gasteiger partial charge is 0.410 e. The summed E-state index contributed by atoms with van der Waals surface area (Å²) in [6, 6.07) is 20.7. The van der Waals surface area contributed by atoms with Crippen LogP contribution >= 0.6 is 11.6 Å². The summed E-state index contributed by atoms with van der Waals surface area (Å²) >= 11 is 5.76. The Balaban J connectivity index is 0.000000137. The third-order valence-corrected chi connectivity index (χ3v) is 25.1. The van der Waals surface area contributed by atoms with Gasteiger partial charge in [-0.25, -0.2) is 60.7 Å². The number of anilines is 10. The van der Waals surface area contributed by atoms with Crippen molar-refractivity contribution in [3.05, 3.63) is 143 Å². The van der Waals surface area contributed by atoms with Crippen LogP contribution in [0.25, 0.3) is 0 Å². The van der Waals surface area contributed by atoms with Crippen LogP contribution in [0.5, 0.6) is 0 Å². The van der Waals surface area contributed by atoms with Crippen molar-refractivity contribution in [2.45, 2.75) is 112 Å². The number of nitrogens with zero attached hydrogens (tertiary/aromatic N) is 16. The van der Waals surface area contributed by atoms with Gasteiger partial charge in [-0.1, -0.05) is 0 Å². The van der Waals surface area contributed by atoms with E-state index in [-0.39, 0.29) is 118 Å². The highest BCUT2D eigenvalue weighted by Gasteiger charge is 2.63.